The van der Waals surface area contributed by atoms with E-state index in [1.54, 1.807) is 24.3 Å². The van der Waals surface area contributed by atoms with Gasteiger partial charge in [-0.1, -0.05) is 30.3 Å². The average Bonchev–Trinajstić information content (AvgIpc) is 2.48. The summed E-state index contributed by atoms with van der Waals surface area (Å²) in [4.78, 5) is 4.69. The number of rotatable bonds is 3. The summed E-state index contributed by atoms with van der Waals surface area (Å²) < 4.78 is 27.7. The number of aryl methyl sites for hydroxylation is 2. The van der Waals surface area contributed by atoms with E-state index in [1.165, 1.54) is 0 Å². The third-order valence-electron chi connectivity index (χ3n) is 3.40. The number of nitrogens with one attached hydrogen (secondary N) is 1. The minimum Gasteiger partial charge on any atom is -0.277 e. The molecule has 0 aliphatic carbocycles. The number of anilines is 1. The van der Waals surface area contributed by atoms with Crippen molar-refractivity contribution >= 4 is 26.6 Å². The van der Waals surface area contributed by atoms with Crippen molar-refractivity contribution in [3.63, 3.8) is 0 Å². The average molecular weight is 312 g/mol. The van der Waals surface area contributed by atoms with E-state index in [4.69, 9.17) is 0 Å². The van der Waals surface area contributed by atoms with Gasteiger partial charge in [0.2, 0.25) is 0 Å². The van der Waals surface area contributed by atoms with Gasteiger partial charge in [0.15, 0.2) is 0 Å². The first kappa shape index (κ1) is 14.5. The summed E-state index contributed by atoms with van der Waals surface area (Å²) >= 11 is 0. The lowest BCUT2D eigenvalue weighted by atomic mass is 10.2. The third kappa shape index (κ3) is 2.80. The van der Waals surface area contributed by atoms with Gasteiger partial charge >= 0.3 is 0 Å². The van der Waals surface area contributed by atoms with Crippen LogP contribution in [0, 0.1) is 13.8 Å². The molecule has 0 saturated carbocycles. The van der Waals surface area contributed by atoms with Gasteiger partial charge in [0.05, 0.1) is 16.1 Å². The van der Waals surface area contributed by atoms with Crippen LogP contribution >= 0.6 is 0 Å². The van der Waals surface area contributed by atoms with E-state index < -0.39 is 10.0 Å². The van der Waals surface area contributed by atoms with Gasteiger partial charge in [-0.25, -0.2) is 8.42 Å². The molecule has 0 saturated heterocycles. The third-order valence-corrected chi connectivity index (χ3v) is 4.77. The summed E-state index contributed by atoms with van der Waals surface area (Å²) in [7, 11) is -3.63. The maximum atomic E-state index is 12.5. The van der Waals surface area contributed by atoms with E-state index in [2.05, 4.69) is 9.71 Å². The molecular weight excluding hydrogens is 296 g/mol. The van der Waals surface area contributed by atoms with Gasteiger partial charge in [-0.15, -0.1) is 0 Å². The highest BCUT2D eigenvalue weighted by molar-refractivity contribution is 7.92. The molecule has 2 aromatic carbocycles. The minimum atomic E-state index is -3.63. The number of hydrogen-bond acceptors (Lipinski definition) is 3. The SMILES string of the molecule is Cc1cccc(S(=O)(=O)Nc2cccc3ccc(C)nc23)c1. The molecule has 0 bridgehead atoms. The van der Waals surface area contributed by atoms with Gasteiger partial charge in [-0.2, -0.15) is 0 Å². The predicted molar refractivity (Wildman–Crippen MR) is 88.5 cm³/mol. The Kier molecular flexibility index (Phi) is 3.58. The first-order chi connectivity index (χ1) is 10.5. The molecule has 1 aromatic heterocycles. The van der Waals surface area contributed by atoms with Crippen LogP contribution in [0.15, 0.2) is 59.5 Å². The van der Waals surface area contributed by atoms with Crippen LogP contribution < -0.4 is 4.72 Å². The molecule has 1 heterocycles. The largest absolute Gasteiger partial charge is 0.277 e. The normalized spacial score (nSPS) is 11.5. The van der Waals surface area contributed by atoms with E-state index in [0.29, 0.717) is 11.2 Å². The lowest BCUT2D eigenvalue weighted by Gasteiger charge is -2.11. The van der Waals surface area contributed by atoms with Gasteiger partial charge in [0.25, 0.3) is 10.0 Å². The molecule has 1 N–H and O–H groups in total. The molecule has 0 radical (unpaired) electrons. The lowest BCUT2D eigenvalue weighted by molar-refractivity contribution is 0.601. The molecule has 0 aliphatic rings. The Morgan fingerprint density at radius 3 is 2.50 bits per heavy atom. The zero-order valence-corrected chi connectivity index (χ0v) is 13.2. The maximum absolute atomic E-state index is 12.5. The molecule has 22 heavy (non-hydrogen) atoms. The Bertz CT molecular complexity index is 950. The fourth-order valence-corrected chi connectivity index (χ4v) is 3.48. The molecule has 5 heteroatoms. The highest BCUT2D eigenvalue weighted by atomic mass is 32.2. The van der Waals surface area contributed by atoms with Crippen LogP contribution in [0.25, 0.3) is 10.9 Å². The Hall–Kier alpha value is -2.40. The standard InChI is InChI=1S/C17H16N2O2S/c1-12-5-3-7-15(11-12)22(20,21)19-16-8-4-6-14-10-9-13(2)18-17(14)16/h3-11,19H,1-2H3. The summed E-state index contributed by atoms with van der Waals surface area (Å²) in [5, 5.41) is 0.898. The van der Waals surface area contributed by atoms with E-state index in [9.17, 15) is 8.42 Å². The van der Waals surface area contributed by atoms with Crippen LogP contribution in [0.1, 0.15) is 11.3 Å². The fourth-order valence-electron chi connectivity index (χ4n) is 2.31. The lowest BCUT2D eigenvalue weighted by Crippen LogP contribution is -2.13. The topological polar surface area (TPSA) is 59.1 Å². The molecule has 0 aliphatic heterocycles. The number of benzene rings is 2. The molecule has 112 valence electrons. The Balaban J connectivity index is 2.08. The van der Waals surface area contributed by atoms with E-state index in [1.807, 2.05) is 44.2 Å². The fraction of sp³-hybridized carbons (Fsp3) is 0.118. The van der Waals surface area contributed by atoms with Crippen molar-refractivity contribution in [1.82, 2.24) is 4.98 Å². The Morgan fingerprint density at radius 1 is 0.955 bits per heavy atom. The second-order valence-corrected chi connectivity index (χ2v) is 6.93. The van der Waals surface area contributed by atoms with E-state index in [-0.39, 0.29) is 4.90 Å². The van der Waals surface area contributed by atoms with Crippen LogP contribution in [0.2, 0.25) is 0 Å². The molecule has 0 spiro atoms. The molecule has 3 aromatic rings. The van der Waals surface area contributed by atoms with Gasteiger partial charge in [0.1, 0.15) is 0 Å². The van der Waals surface area contributed by atoms with Crippen molar-refractivity contribution in [3.05, 3.63) is 65.9 Å². The number of aromatic nitrogens is 1. The van der Waals surface area contributed by atoms with Crippen LogP contribution in [-0.2, 0) is 10.0 Å². The molecule has 4 nitrogen and oxygen atoms in total. The summed E-state index contributed by atoms with van der Waals surface area (Å²) in [5.41, 5.74) is 2.88. The van der Waals surface area contributed by atoms with Crippen molar-refractivity contribution in [2.45, 2.75) is 18.7 Å². The number of fused-ring (bicyclic) bond motifs is 1. The summed E-state index contributed by atoms with van der Waals surface area (Å²) in [6.07, 6.45) is 0. The molecule has 0 amide bonds. The van der Waals surface area contributed by atoms with Gasteiger partial charge < -0.3 is 0 Å². The van der Waals surface area contributed by atoms with Crippen molar-refractivity contribution in [3.8, 4) is 0 Å². The highest BCUT2D eigenvalue weighted by Crippen LogP contribution is 2.24. The molecule has 0 unspecified atom stereocenters. The number of nitrogens with zero attached hydrogens (tertiary/aromatic N) is 1. The number of sulfonamides is 1. The first-order valence-corrected chi connectivity index (χ1v) is 8.40. The monoisotopic (exact) mass is 312 g/mol. The van der Waals surface area contributed by atoms with E-state index >= 15 is 0 Å². The summed E-state index contributed by atoms with van der Waals surface area (Å²) in [5.74, 6) is 0. The van der Waals surface area contributed by atoms with Crippen LogP contribution in [-0.4, -0.2) is 13.4 Å². The van der Waals surface area contributed by atoms with Crippen molar-refractivity contribution in [2.24, 2.45) is 0 Å². The number of hydrogen-bond donors (Lipinski definition) is 1. The second-order valence-electron chi connectivity index (χ2n) is 5.25. The maximum Gasteiger partial charge on any atom is 0.261 e. The predicted octanol–water partition coefficient (Wildman–Crippen LogP) is 3.65. The second kappa shape index (κ2) is 5.42. The van der Waals surface area contributed by atoms with Gasteiger partial charge in [-0.05, 0) is 43.7 Å². The van der Waals surface area contributed by atoms with Gasteiger partial charge in [-0.3, -0.25) is 9.71 Å². The van der Waals surface area contributed by atoms with Crippen LogP contribution in [0.3, 0.4) is 0 Å². The zero-order chi connectivity index (χ0) is 15.7. The first-order valence-electron chi connectivity index (χ1n) is 6.91. The Labute approximate surface area is 129 Å². The molecule has 3 rings (SSSR count). The van der Waals surface area contributed by atoms with Crippen molar-refractivity contribution in [1.29, 1.82) is 0 Å². The smallest absolute Gasteiger partial charge is 0.261 e. The van der Waals surface area contributed by atoms with Gasteiger partial charge in [0, 0.05) is 11.1 Å². The van der Waals surface area contributed by atoms with Crippen molar-refractivity contribution in [2.75, 3.05) is 4.72 Å². The summed E-state index contributed by atoms with van der Waals surface area (Å²) in [6.45, 7) is 3.74. The van der Waals surface area contributed by atoms with Crippen LogP contribution in [0.4, 0.5) is 5.69 Å². The number of pyridine rings is 1. The Morgan fingerprint density at radius 2 is 1.73 bits per heavy atom. The highest BCUT2D eigenvalue weighted by Gasteiger charge is 2.16. The molecule has 0 fully saturated rings. The van der Waals surface area contributed by atoms with Crippen molar-refractivity contribution < 1.29 is 8.42 Å². The van der Waals surface area contributed by atoms with E-state index in [0.717, 1.165) is 16.6 Å². The molecule has 0 atom stereocenters. The number of para-hydroxylation sites is 1. The quantitative estimate of drug-likeness (QED) is 0.803. The minimum absolute atomic E-state index is 0.247. The zero-order valence-electron chi connectivity index (χ0n) is 12.4. The summed E-state index contributed by atoms with van der Waals surface area (Å²) in [6, 6.07) is 16.1. The van der Waals surface area contributed by atoms with Crippen LogP contribution in [0.5, 0.6) is 0 Å². The molecular formula is C17H16N2O2S.